The van der Waals surface area contributed by atoms with Gasteiger partial charge in [0.15, 0.2) is 12.4 Å². The van der Waals surface area contributed by atoms with Crippen LogP contribution in [0.25, 0.3) is 0 Å². The van der Waals surface area contributed by atoms with Crippen LogP contribution in [0.4, 0.5) is 5.69 Å². The maximum Gasteiger partial charge on any atom is 0.262 e. The smallest absolute Gasteiger partial charge is 0.262 e. The van der Waals surface area contributed by atoms with Crippen LogP contribution in [0.3, 0.4) is 0 Å². The highest BCUT2D eigenvalue weighted by atomic mass is 79.9. The number of hydrogen-bond acceptors (Lipinski definition) is 3. The van der Waals surface area contributed by atoms with Crippen LogP contribution >= 0.6 is 15.9 Å². The first kappa shape index (κ1) is 16.2. The number of amides is 1. The molecule has 0 aliphatic heterocycles. The minimum Gasteiger partial charge on any atom is -0.484 e. The van der Waals surface area contributed by atoms with E-state index in [1.165, 1.54) is 6.92 Å². The molecule has 2 aromatic carbocycles. The molecule has 2 aromatic rings. The van der Waals surface area contributed by atoms with Crippen LogP contribution < -0.4 is 10.1 Å². The van der Waals surface area contributed by atoms with Crippen molar-refractivity contribution in [1.82, 2.24) is 0 Å². The second-order valence-electron chi connectivity index (χ2n) is 4.88. The second kappa shape index (κ2) is 7.22. The van der Waals surface area contributed by atoms with E-state index in [9.17, 15) is 9.59 Å². The van der Waals surface area contributed by atoms with Gasteiger partial charge in [-0.2, -0.15) is 0 Å². The number of carbonyl (C=O) groups is 2. The van der Waals surface area contributed by atoms with Gasteiger partial charge < -0.3 is 10.1 Å². The van der Waals surface area contributed by atoms with Gasteiger partial charge in [0, 0.05) is 15.7 Å². The van der Waals surface area contributed by atoms with Crippen molar-refractivity contribution in [2.24, 2.45) is 0 Å². The summed E-state index contributed by atoms with van der Waals surface area (Å²) >= 11 is 3.41. The molecular weight excluding hydrogens is 346 g/mol. The Labute approximate surface area is 137 Å². The van der Waals surface area contributed by atoms with E-state index in [0.29, 0.717) is 17.0 Å². The third-order valence-electron chi connectivity index (χ3n) is 3.05. The first-order valence-electron chi connectivity index (χ1n) is 6.75. The molecule has 0 aromatic heterocycles. The third kappa shape index (κ3) is 4.43. The maximum atomic E-state index is 11.9. The topological polar surface area (TPSA) is 55.4 Å². The van der Waals surface area contributed by atoms with E-state index in [1.54, 1.807) is 24.3 Å². The van der Waals surface area contributed by atoms with Gasteiger partial charge in [0.1, 0.15) is 5.75 Å². The van der Waals surface area contributed by atoms with Gasteiger partial charge in [-0.1, -0.05) is 28.1 Å². The van der Waals surface area contributed by atoms with Crippen molar-refractivity contribution >= 4 is 33.3 Å². The van der Waals surface area contributed by atoms with E-state index in [1.807, 2.05) is 25.1 Å². The largest absolute Gasteiger partial charge is 0.484 e. The van der Waals surface area contributed by atoms with Gasteiger partial charge in [0.05, 0.1) is 0 Å². The molecule has 0 unspecified atom stereocenters. The highest BCUT2D eigenvalue weighted by molar-refractivity contribution is 9.10. The fourth-order valence-electron chi connectivity index (χ4n) is 1.87. The number of nitrogens with one attached hydrogen (secondary N) is 1. The summed E-state index contributed by atoms with van der Waals surface area (Å²) < 4.78 is 6.40. The van der Waals surface area contributed by atoms with Crippen molar-refractivity contribution in [3.8, 4) is 5.75 Å². The first-order valence-corrected chi connectivity index (χ1v) is 7.55. The van der Waals surface area contributed by atoms with Crippen LogP contribution in [-0.4, -0.2) is 18.3 Å². The molecule has 0 spiro atoms. The summed E-state index contributed by atoms with van der Waals surface area (Å²) in [5.74, 6) is 0.199. The van der Waals surface area contributed by atoms with Crippen molar-refractivity contribution in [3.05, 3.63) is 58.1 Å². The summed E-state index contributed by atoms with van der Waals surface area (Å²) in [7, 11) is 0. The summed E-state index contributed by atoms with van der Waals surface area (Å²) in [6.07, 6.45) is 0. The second-order valence-corrected chi connectivity index (χ2v) is 5.74. The number of ketones is 1. The van der Waals surface area contributed by atoms with E-state index in [2.05, 4.69) is 21.2 Å². The van der Waals surface area contributed by atoms with Crippen molar-refractivity contribution in [2.45, 2.75) is 13.8 Å². The fourth-order valence-corrected chi connectivity index (χ4v) is 2.12. The molecule has 0 aliphatic rings. The molecule has 1 N–H and O–H groups in total. The fraction of sp³-hybridized carbons (Fsp3) is 0.176. The lowest BCUT2D eigenvalue weighted by Crippen LogP contribution is -2.20. The molecule has 0 bridgehead atoms. The number of ether oxygens (including phenoxy) is 1. The van der Waals surface area contributed by atoms with E-state index >= 15 is 0 Å². The normalized spacial score (nSPS) is 10.1. The van der Waals surface area contributed by atoms with Gasteiger partial charge >= 0.3 is 0 Å². The molecule has 0 saturated heterocycles. The molecule has 22 heavy (non-hydrogen) atoms. The molecule has 0 saturated carbocycles. The Hall–Kier alpha value is -2.14. The Morgan fingerprint density at radius 1 is 1.18 bits per heavy atom. The molecule has 0 fully saturated rings. The minimum absolute atomic E-state index is 0.0414. The third-order valence-corrected chi connectivity index (χ3v) is 3.94. The zero-order valence-electron chi connectivity index (χ0n) is 12.4. The number of benzene rings is 2. The maximum absolute atomic E-state index is 11.9. The van der Waals surface area contributed by atoms with Gasteiger partial charge in [-0.05, 0) is 49.7 Å². The lowest BCUT2D eigenvalue weighted by Gasteiger charge is -2.09. The molecule has 1 amide bonds. The standard InChI is InChI=1S/C17H16BrNO3/c1-11-8-14(6-7-16(11)18)19-17(21)10-22-15-5-3-4-13(9-15)12(2)20/h3-9H,10H2,1-2H3,(H,19,21). The number of carbonyl (C=O) groups excluding carboxylic acids is 2. The SMILES string of the molecule is CC(=O)c1cccc(OCC(=O)Nc2ccc(Br)c(C)c2)c1. The van der Waals surface area contributed by atoms with Gasteiger partial charge in [-0.15, -0.1) is 0 Å². The lowest BCUT2D eigenvalue weighted by atomic mass is 10.1. The summed E-state index contributed by atoms with van der Waals surface area (Å²) in [5.41, 5.74) is 2.31. The predicted octanol–water partition coefficient (Wildman–Crippen LogP) is 3.98. The summed E-state index contributed by atoms with van der Waals surface area (Å²) in [5, 5.41) is 2.77. The Kier molecular flexibility index (Phi) is 5.33. The Balaban J connectivity index is 1.94. The van der Waals surface area contributed by atoms with Gasteiger partial charge in [-0.25, -0.2) is 0 Å². The average Bonchev–Trinajstić information content (AvgIpc) is 2.49. The van der Waals surface area contributed by atoms with Crippen LogP contribution in [-0.2, 0) is 4.79 Å². The number of rotatable bonds is 5. The van der Waals surface area contributed by atoms with E-state index in [0.717, 1.165) is 10.0 Å². The van der Waals surface area contributed by atoms with Crippen LogP contribution in [0, 0.1) is 6.92 Å². The number of aryl methyl sites for hydroxylation is 1. The van der Waals surface area contributed by atoms with Crippen LogP contribution in [0.2, 0.25) is 0 Å². The van der Waals surface area contributed by atoms with E-state index in [-0.39, 0.29) is 18.3 Å². The molecule has 0 aliphatic carbocycles. The molecule has 5 heteroatoms. The monoisotopic (exact) mass is 361 g/mol. The molecule has 4 nitrogen and oxygen atoms in total. The number of hydrogen-bond donors (Lipinski definition) is 1. The predicted molar refractivity (Wildman–Crippen MR) is 89.5 cm³/mol. The highest BCUT2D eigenvalue weighted by Crippen LogP contribution is 2.20. The van der Waals surface area contributed by atoms with E-state index in [4.69, 9.17) is 4.74 Å². The summed E-state index contributed by atoms with van der Waals surface area (Å²) in [6.45, 7) is 3.32. The lowest BCUT2D eigenvalue weighted by molar-refractivity contribution is -0.118. The van der Waals surface area contributed by atoms with Crippen LogP contribution in [0.15, 0.2) is 46.9 Å². The zero-order valence-corrected chi connectivity index (χ0v) is 13.9. The summed E-state index contributed by atoms with van der Waals surface area (Å²) in [4.78, 5) is 23.2. The minimum atomic E-state index is -0.255. The van der Waals surface area contributed by atoms with E-state index < -0.39 is 0 Å². The van der Waals surface area contributed by atoms with Gasteiger partial charge in [-0.3, -0.25) is 9.59 Å². The Morgan fingerprint density at radius 3 is 2.64 bits per heavy atom. The molecular formula is C17H16BrNO3. The number of halogens is 1. The van der Waals surface area contributed by atoms with Gasteiger partial charge in [0.25, 0.3) is 5.91 Å². The first-order chi connectivity index (χ1) is 10.5. The zero-order chi connectivity index (χ0) is 16.1. The Morgan fingerprint density at radius 2 is 1.95 bits per heavy atom. The molecule has 2 rings (SSSR count). The Bertz CT molecular complexity index is 713. The van der Waals surface area contributed by atoms with Crippen molar-refractivity contribution in [2.75, 3.05) is 11.9 Å². The highest BCUT2D eigenvalue weighted by Gasteiger charge is 2.06. The average molecular weight is 362 g/mol. The van der Waals surface area contributed by atoms with Crippen LogP contribution in [0.5, 0.6) is 5.75 Å². The molecule has 0 radical (unpaired) electrons. The molecule has 0 atom stereocenters. The number of anilines is 1. The van der Waals surface area contributed by atoms with Gasteiger partial charge in [0.2, 0.25) is 0 Å². The summed E-state index contributed by atoms with van der Waals surface area (Å²) in [6, 6.07) is 12.3. The van der Waals surface area contributed by atoms with Crippen LogP contribution in [0.1, 0.15) is 22.8 Å². The van der Waals surface area contributed by atoms with Crippen molar-refractivity contribution in [3.63, 3.8) is 0 Å². The quantitative estimate of drug-likeness (QED) is 0.819. The van der Waals surface area contributed by atoms with Crippen molar-refractivity contribution in [1.29, 1.82) is 0 Å². The van der Waals surface area contributed by atoms with Crippen molar-refractivity contribution < 1.29 is 14.3 Å². The number of Topliss-reactive ketones (excluding diaryl/α,β-unsaturated/α-hetero) is 1. The molecule has 114 valence electrons. The molecule has 0 heterocycles.